The van der Waals surface area contributed by atoms with Crippen LogP contribution in [0.3, 0.4) is 0 Å². The Morgan fingerprint density at radius 1 is 0.878 bits per heavy atom. The molecule has 0 aromatic heterocycles. The van der Waals surface area contributed by atoms with Gasteiger partial charge in [0.05, 0.1) is 25.8 Å². The number of ketones is 1. The van der Waals surface area contributed by atoms with E-state index in [4.69, 9.17) is 4.74 Å². The van der Waals surface area contributed by atoms with Gasteiger partial charge in [0, 0.05) is 31.8 Å². The number of carbonyl (C=O) groups excluding carboxylic acids is 3. The van der Waals surface area contributed by atoms with Gasteiger partial charge in [-0.2, -0.15) is 0 Å². The number of rotatable bonds is 16. The van der Waals surface area contributed by atoms with Crippen molar-refractivity contribution in [1.29, 1.82) is 0 Å². The van der Waals surface area contributed by atoms with E-state index in [0.29, 0.717) is 45.6 Å². The highest BCUT2D eigenvalue weighted by molar-refractivity contribution is 5.93. The number of aryl methyl sites for hydroxylation is 1. The summed E-state index contributed by atoms with van der Waals surface area (Å²) in [5.74, 6) is -2.67. The minimum Gasteiger partial charge on any atom is -0.480 e. The molecule has 41 heavy (non-hydrogen) atoms. The van der Waals surface area contributed by atoms with E-state index in [9.17, 15) is 24.3 Å². The standard InChI is InChI=1S/C32H43N3O6/c1-23(2)19-26(31(38)34-28(32(39)40)20-25-11-7-4-8-12-25)21-29(36)27(14-13-24-9-5-3-6-10-24)33-30(37)22-35-15-17-41-18-16-35/h3-12,23,26-28H,13-22H2,1-2H3,(H,33,37)(H,34,38)(H,39,40)/t26-,27+,28+/m1/s1. The highest BCUT2D eigenvalue weighted by Gasteiger charge is 2.31. The zero-order valence-electron chi connectivity index (χ0n) is 24.1. The maximum Gasteiger partial charge on any atom is 0.326 e. The molecule has 3 rings (SSSR count). The highest BCUT2D eigenvalue weighted by Crippen LogP contribution is 2.19. The predicted octanol–water partition coefficient (Wildman–Crippen LogP) is 2.87. The minimum atomic E-state index is -1.13. The SMILES string of the molecule is CC(C)C[C@H](CC(=O)[C@H](CCc1ccccc1)NC(=O)CN1CCOCC1)C(=O)N[C@@H](Cc1ccccc1)C(=O)O. The van der Waals surface area contributed by atoms with Crippen LogP contribution in [-0.4, -0.2) is 78.5 Å². The Labute approximate surface area is 242 Å². The van der Waals surface area contributed by atoms with Crippen LogP contribution in [0.5, 0.6) is 0 Å². The van der Waals surface area contributed by atoms with Gasteiger partial charge < -0.3 is 20.5 Å². The van der Waals surface area contributed by atoms with E-state index < -0.39 is 29.9 Å². The molecule has 1 saturated heterocycles. The molecule has 1 heterocycles. The van der Waals surface area contributed by atoms with Crippen molar-refractivity contribution in [1.82, 2.24) is 15.5 Å². The number of benzene rings is 2. The lowest BCUT2D eigenvalue weighted by Crippen LogP contribution is -2.49. The van der Waals surface area contributed by atoms with Gasteiger partial charge in [-0.25, -0.2) is 4.79 Å². The van der Waals surface area contributed by atoms with E-state index in [1.165, 1.54) is 0 Å². The van der Waals surface area contributed by atoms with Crippen molar-refractivity contribution < 1.29 is 29.0 Å². The summed E-state index contributed by atoms with van der Waals surface area (Å²) >= 11 is 0. The summed E-state index contributed by atoms with van der Waals surface area (Å²) in [5.41, 5.74) is 1.84. The molecule has 0 unspecified atom stereocenters. The summed E-state index contributed by atoms with van der Waals surface area (Å²) in [5, 5.41) is 15.4. The summed E-state index contributed by atoms with van der Waals surface area (Å²) in [7, 11) is 0. The van der Waals surface area contributed by atoms with Crippen molar-refractivity contribution in [3.8, 4) is 0 Å². The third kappa shape index (κ3) is 11.4. The maximum absolute atomic E-state index is 13.7. The number of carboxylic acids is 1. The third-order valence-corrected chi connectivity index (χ3v) is 7.23. The molecule has 222 valence electrons. The Kier molecular flexibility index (Phi) is 13.0. The number of aliphatic carboxylic acids is 1. The summed E-state index contributed by atoms with van der Waals surface area (Å²) in [6.45, 7) is 6.53. The topological polar surface area (TPSA) is 125 Å². The molecular formula is C32H43N3O6. The molecule has 0 aliphatic carbocycles. The van der Waals surface area contributed by atoms with E-state index in [1.54, 1.807) is 0 Å². The van der Waals surface area contributed by atoms with Crippen LogP contribution < -0.4 is 10.6 Å². The van der Waals surface area contributed by atoms with Gasteiger partial charge in [-0.1, -0.05) is 74.5 Å². The lowest BCUT2D eigenvalue weighted by Gasteiger charge is -2.27. The number of nitrogens with one attached hydrogen (secondary N) is 2. The molecule has 2 aromatic carbocycles. The zero-order chi connectivity index (χ0) is 29.6. The number of Topliss-reactive ketones (excluding diaryl/α,β-unsaturated/α-hetero) is 1. The molecule has 0 bridgehead atoms. The highest BCUT2D eigenvalue weighted by atomic mass is 16.5. The first-order valence-electron chi connectivity index (χ1n) is 14.4. The second-order valence-electron chi connectivity index (χ2n) is 11.1. The second kappa shape index (κ2) is 16.6. The predicted molar refractivity (Wildman–Crippen MR) is 156 cm³/mol. The summed E-state index contributed by atoms with van der Waals surface area (Å²) in [4.78, 5) is 53.9. The lowest BCUT2D eigenvalue weighted by atomic mass is 9.88. The second-order valence-corrected chi connectivity index (χ2v) is 11.1. The summed E-state index contributed by atoms with van der Waals surface area (Å²) in [6, 6.07) is 17.0. The molecule has 9 heteroatoms. The van der Waals surface area contributed by atoms with Crippen molar-refractivity contribution in [2.24, 2.45) is 11.8 Å². The molecular weight excluding hydrogens is 522 g/mol. The van der Waals surface area contributed by atoms with Crippen molar-refractivity contribution >= 4 is 23.6 Å². The van der Waals surface area contributed by atoms with Crippen molar-refractivity contribution in [2.45, 2.75) is 58.0 Å². The van der Waals surface area contributed by atoms with Gasteiger partial charge in [0.2, 0.25) is 11.8 Å². The molecule has 0 spiro atoms. The normalized spacial score (nSPS) is 16.0. The van der Waals surface area contributed by atoms with Crippen molar-refractivity contribution in [3.63, 3.8) is 0 Å². The monoisotopic (exact) mass is 565 g/mol. The Morgan fingerprint density at radius 2 is 1.49 bits per heavy atom. The molecule has 0 saturated carbocycles. The van der Waals surface area contributed by atoms with Gasteiger partial charge in [0.15, 0.2) is 5.78 Å². The molecule has 3 N–H and O–H groups in total. The largest absolute Gasteiger partial charge is 0.480 e. The summed E-state index contributed by atoms with van der Waals surface area (Å²) < 4.78 is 5.36. The molecule has 2 amide bonds. The van der Waals surface area contributed by atoms with E-state index in [-0.39, 0.29) is 37.0 Å². The molecule has 1 aliphatic rings. The molecule has 9 nitrogen and oxygen atoms in total. The Bertz CT molecular complexity index is 1120. The number of nitrogens with zero attached hydrogens (tertiary/aromatic N) is 1. The zero-order valence-corrected chi connectivity index (χ0v) is 24.1. The van der Waals surface area contributed by atoms with Gasteiger partial charge in [-0.15, -0.1) is 0 Å². The van der Waals surface area contributed by atoms with E-state index in [1.807, 2.05) is 79.4 Å². The molecule has 1 aliphatic heterocycles. The molecule has 0 radical (unpaired) electrons. The number of hydrogen-bond donors (Lipinski definition) is 3. The first kappa shape index (κ1) is 32.0. The van der Waals surface area contributed by atoms with Crippen LogP contribution in [0.2, 0.25) is 0 Å². The fourth-order valence-corrected chi connectivity index (χ4v) is 5.05. The Hall–Kier alpha value is -3.56. The van der Waals surface area contributed by atoms with Gasteiger partial charge in [0.1, 0.15) is 6.04 Å². The summed E-state index contributed by atoms with van der Waals surface area (Å²) in [6.07, 6.45) is 1.47. The number of carbonyl (C=O) groups is 4. The Morgan fingerprint density at radius 3 is 2.07 bits per heavy atom. The molecule has 3 atom stereocenters. The van der Waals surface area contributed by atoms with Crippen LogP contribution >= 0.6 is 0 Å². The molecule has 2 aromatic rings. The van der Waals surface area contributed by atoms with E-state index in [0.717, 1.165) is 11.1 Å². The first-order chi connectivity index (χ1) is 19.7. The average Bonchev–Trinajstić information content (AvgIpc) is 2.95. The fourth-order valence-electron chi connectivity index (χ4n) is 5.05. The van der Waals surface area contributed by atoms with Crippen LogP contribution in [0.4, 0.5) is 0 Å². The quantitative estimate of drug-likeness (QED) is 0.286. The smallest absolute Gasteiger partial charge is 0.326 e. The van der Waals surface area contributed by atoms with Gasteiger partial charge in [0.25, 0.3) is 0 Å². The van der Waals surface area contributed by atoms with Gasteiger partial charge in [-0.3, -0.25) is 19.3 Å². The van der Waals surface area contributed by atoms with E-state index >= 15 is 0 Å². The fraction of sp³-hybridized carbons (Fsp3) is 0.500. The first-order valence-corrected chi connectivity index (χ1v) is 14.4. The van der Waals surface area contributed by atoms with Crippen molar-refractivity contribution in [2.75, 3.05) is 32.8 Å². The molecule has 1 fully saturated rings. The Balaban J connectivity index is 1.70. The van der Waals surface area contributed by atoms with Crippen LogP contribution in [-0.2, 0) is 36.8 Å². The number of hydrogen-bond acceptors (Lipinski definition) is 6. The van der Waals surface area contributed by atoms with Gasteiger partial charge in [-0.05, 0) is 36.3 Å². The van der Waals surface area contributed by atoms with Crippen molar-refractivity contribution in [3.05, 3.63) is 71.8 Å². The average molecular weight is 566 g/mol. The van der Waals surface area contributed by atoms with Crippen LogP contribution in [0, 0.1) is 11.8 Å². The number of carboxylic acid groups (broad SMARTS) is 1. The van der Waals surface area contributed by atoms with Crippen LogP contribution in [0.15, 0.2) is 60.7 Å². The number of morpholine rings is 1. The maximum atomic E-state index is 13.7. The van der Waals surface area contributed by atoms with E-state index in [2.05, 4.69) is 10.6 Å². The van der Waals surface area contributed by atoms with Gasteiger partial charge >= 0.3 is 5.97 Å². The van der Waals surface area contributed by atoms with Crippen LogP contribution in [0.1, 0.15) is 44.2 Å². The number of amides is 2. The van der Waals surface area contributed by atoms with Crippen LogP contribution in [0.25, 0.3) is 0 Å². The lowest BCUT2D eigenvalue weighted by molar-refractivity contribution is -0.142. The number of ether oxygens (including phenoxy) is 1. The minimum absolute atomic E-state index is 0.0843. The third-order valence-electron chi connectivity index (χ3n) is 7.23.